The molecule has 0 unspecified atom stereocenters. The van der Waals surface area contributed by atoms with Gasteiger partial charge in [-0.2, -0.15) is 0 Å². The second kappa shape index (κ2) is 4.65. The Morgan fingerprint density at radius 1 is 1.54 bits per heavy atom. The molecule has 0 saturated carbocycles. The highest BCUT2D eigenvalue weighted by Crippen LogP contribution is 2.17. The topological polar surface area (TPSA) is 31.1 Å². The van der Waals surface area contributed by atoms with Gasteiger partial charge in [0.25, 0.3) is 0 Å². The minimum atomic E-state index is 0.749. The minimum absolute atomic E-state index is 0.749. The number of hydrogen-bond donors (Lipinski definition) is 2. The Bertz CT molecular complexity index is 268. The summed E-state index contributed by atoms with van der Waals surface area (Å²) in [4.78, 5) is 5.22. The van der Waals surface area contributed by atoms with E-state index in [-0.39, 0.29) is 0 Å². The van der Waals surface area contributed by atoms with Crippen LogP contribution in [-0.4, -0.2) is 31.0 Å². The van der Waals surface area contributed by atoms with E-state index in [1.165, 1.54) is 0 Å². The Hall–Kier alpha value is -0.510. The van der Waals surface area contributed by atoms with E-state index >= 15 is 0 Å². The van der Waals surface area contributed by atoms with Gasteiger partial charge in [0, 0.05) is 24.3 Å². The number of hydrogen-bond acceptors (Lipinski definition) is 2. The van der Waals surface area contributed by atoms with Crippen LogP contribution in [0.4, 0.5) is 0 Å². The Morgan fingerprint density at radius 2 is 2.23 bits per heavy atom. The van der Waals surface area contributed by atoms with Gasteiger partial charge >= 0.3 is 0 Å². The third-order valence-electron chi connectivity index (χ3n) is 1.75. The van der Waals surface area contributed by atoms with Crippen molar-refractivity contribution in [1.29, 1.82) is 0 Å². The van der Waals surface area contributed by atoms with Crippen LogP contribution in [0.2, 0.25) is 5.15 Å². The molecule has 0 bridgehead atoms. The van der Waals surface area contributed by atoms with Crippen LogP contribution >= 0.6 is 11.6 Å². The summed E-state index contributed by atoms with van der Waals surface area (Å²) in [6.07, 6.45) is 0. The molecule has 74 valence electrons. The summed E-state index contributed by atoms with van der Waals surface area (Å²) in [6, 6.07) is 2.10. The van der Waals surface area contributed by atoms with Gasteiger partial charge in [-0.1, -0.05) is 11.6 Å². The third-order valence-corrected chi connectivity index (χ3v) is 2.09. The molecule has 0 atom stereocenters. The van der Waals surface area contributed by atoms with Crippen molar-refractivity contribution in [3.63, 3.8) is 0 Å². The molecule has 13 heavy (non-hydrogen) atoms. The van der Waals surface area contributed by atoms with Crippen molar-refractivity contribution in [2.75, 3.05) is 21.1 Å². The molecule has 1 aromatic heterocycles. The fourth-order valence-electron chi connectivity index (χ4n) is 1.27. The molecular weight excluding hydrogens is 186 g/mol. The van der Waals surface area contributed by atoms with Crippen LogP contribution in [0.15, 0.2) is 6.07 Å². The lowest BCUT2D eigenvalue weighted by molar-refractivity contribution is 0.403. The number of nitrogens with zero attached hydrogens (tertiary/aromatic N) is 1. The molecule has 0 spiro atoms. The molecule has 2 N–H and O–H groups in total. The molecule has 0 aliphatic heterocycles. The molecular formula is C9H16ClN3. The van der Waals surface area contributed by atoms with E-state index < -0.39 is 0 Å². The van der Waals surface area contributed by atoms with Crippen molar-refractivity contribution in [2.45, 2.75) is 13.1 Å². The first-order chi connectivity index (χ1) is 6.13. The number of H-pyrrole nitrogens is 1. The quantitative estimate of drug-likeness (QED) is 0.773. The number of nitrogens with one attached hydrogen (secondary N) is 2. The van der Waals surface area contributed by atoms with E-state index in [9.17, 15) is 0 Å². The molecule has 0 saturated heterocycles. The average molecular weight is 202 g/mol. The van der Waals surface area contributed by atoms with Crippen molar-refractivity contribution >= 4 is 11.6 Å². The van der Waals surface area contributed by atoms with Crippen molar-refractivity contribution in [3.05, 3.63) is 22.5 Å². The summed E-state index contributed by atoms with van der Waals surface area (Å²) in [7, 11) is 5.97. The molecule has 4 heteroatoms. The van der Waals surface area contributed by atoms with Crippen LogP contribution in [0.3, 0.4) is 0 Å². The summed E-state index contributed by atoms with van der Waals surface area (Å²) in [5.41, 5.74) is 2.28. The number of rotatable bonds is 4. The second-order valence-electron chi connectivity index (χ2n) is 3.40. The van der Waals surface area contributed by atoms with Crippen LogP contribution < -0.4 is 5.32 Å². The zero-order valence-corrected chi connectivity index (χ0v) is 9.07. The average Bonchev–Trinajstić information content (AvgIpc) is 2.31. The maximum absolute atomic E-state index is 6.01. The van der Waals surface area contributed by atoms with Gasteiger partial charge in [-0.15, -0.1) is 0 Å². The third kappa shape index (κ3) is 3.03. The van der Waals surface area contributed by atoms with E-state index in [4.69, 9.17) is 11.6 Å². The predicted molar refractivity (Wildman–Crippen MR) is 56.0 cm³/mol. The predicted octanol–water partition coefficient (Wildman–Crippen LogP) is 1.45. The van der Waals surface area contributed by atoms with Gasteiger partial charge in [0.1, 0.15) is 5.15 Å². The van der Waals surface area contributed by atoms with Crippen LogP contribution in [0.5, 0.6) is 0 Å². The van der Waals surface area contributed by atoms with Gasteiger partial charge in [0.2, 0.25) is 0 Å². The first-order valence-electron chi connectivity index (χ1n) is 4.29. The molecule has 0 radical (unpaired) electrons. The highest BCUT2D eigenvalue weighted by Gasteiger charge is 2.05. The highest BCUT2D eigenvalue weighted by molar-refractivity contribution is 6.30. The van der Waals surface area contributed by atoms with Gasteiger partial charge in [-0.05, 0) is 27.2 Å². The van der Waals surface area contributed by atoms with Crippen molar-refractivity contribution in [2.24, 2.45) is 0 Å². The lowest BCUT2D eigenvalue weighted by Crippen LogP contribution is -2.10. The van der Waals surface area contributed by atoms with Crippen molar-refractivity contribution in [1.82, 2.24) is 15.2 Å². The van der Waals surface area contributed by atoms with Crippen LogP contribution in [-0.2, 0) is 13.1 Å². The van der Waals surface area contributed by atoms with Gasteiger partial charge in [0.15, 0.2) is 0 Å². The number of halogens is 1. The smallest absolute Gasteiger partial charge is 0.111 e. The molecule has 3 nitrogen and oxygen atoms in total. The van der Waals surface area contributed by atoms with Crippen LogP contribution in [0, 0.1) is 0 Å². The van der Waals surface area contributed by atoms with E-state index in [1.54, 1.807) is 0 Å². The largest absolute Gasteiger partial charge is 0.348 e. The van der Waals surface area contributed by atoms with Gasteiger partial charge < -0.3 is 15.2 Å². The van der Waals surface area contributed by atoms with Crippen molar-refractivity contribution < 1.29 is 0 Å². The molecule has 0 fully saturated rings. The lowest BCUT2D eigenvalue weighted by atomic mass is 10.3. The minimum Gasteiger partial charge on any atom is -0.348 e. The highest BCUT2D eigenvalue weighted by atomic mass is 35.5. The molecule has 1 aromatic rings. The summed E-state index contributed by atoms with van der Waals surface area (Å²) >= 11 is 6.01. The fourth-order valence-corrected chi connectivity index (χ4v) is 1.51. The Morgan fingerprint density at radius 3 is 2.77 bits per heavy atom. The Labute approximate surface area is 84.1 Å². The molecule has 1 heterocycles. The van der Waals surface area contributed by atoms with Gasteiger partial charge in [-0.25, -0.2) is 0 Å². The first kappa shape index (κ1) is 10.6. The van der Waals surface area contributed by atoms with Crippen LogP contribution in [0.25, 0.3) is 0 Å². The zero-order chi connectivity index (χ0) is 9.84. The fraction of sp³-hybridized carbons (Fsp3) is 0.556. The maximum atomic E-state index is 6.01. The standard InChI is InChI=1S/C9H16ClN3/c1-11-5-8-4-7(6-13(2)3)9(10)12-8/h4,11-12H,5-6H2,1-3H3. The normalized spacial score (nSPS) is 11.2. The molecule has 0 amide bonds. The SMILES string of the molecule is CNCc1cc(CN(C)C)c(Cl)[nH]1. The lowest BCUT2D eigenvalue weighted by Gasteiger charge is -2.07. The summed E-state index contributed by atoms with van der Waals surface area (Å²) in [5.74, 6) is 0. The van der Waals surface area contributed by atoms with E-state index in [2.05, 4.69) is 21.3 Å². The van der Waals surface area contributed by atoms with E-state index in [1.807, 2.05) is 21.1 Å². The summed E-state index contributed by atoms with van der Waals surface area (Å²) in [6.45, 7) is 1.70. The number of aromatic amines is 1. The summed E-state index contributed by atoms with van der Waals surface area (Å²) < 4.78 is 0. The van der Waals surface area contributed by atoms with Crippen LogP contribution in [0.1, 0.15) is 11.3 Å². The Kier molecular flexibility index (Phi) is 3.78. The summed E-state index contributed by atoms with van der Waals surface area (Å²) in [5, 5.41) is 3.82. The second-order valence-corrected chi connectivity index (χ2v) is 3.78. The van der Waals surface area contributed by atoms with E-state index in [0.29, 0.717) is 0 Å². The molecule has 0 aromatic carbocycles. The maximum Gasteiger partial charge on any atom is 0.111 e. The van der Waals surface area contributed by atoms with E-state index in [0.717, 1.165) is 29.5 Å². The number of aromatic nitrogens is 1. The first-order valence-corrected chi connectivity index (χ1v) is 4.67. The Balaban J connectivity index is 2.71. The zero-order valence-electron chi connectivity index (χ0n) is 8.32. The van der Waals surface area contributed by atoms with Gasteiger partial charge in [-0.3, -0.25) is 0 Å². The monoisotopic (exact) mass is 201 g/mol. The van der Waals surface area contributed by atoms with Gasteiger partial charge in [0.05, 0.1) is 0 Å². The molecule has 1 rings (SSSR count). The molecule has 0 aliphatic carbocycles. The van der Waals surface area contributed by atoms with Crippen molar-refractivity contribution in [3.8, 4) is 0 Å². The molecule has 0 aliphatic rings.